The molecule has 0 amide bonds. The molecule has 1 atom stereocenters. The Morgan fingerprint density at radius 2 is 2.24 bits per heavy atom. The van der Waals surface area contributed by atoms with E-state index in [4.69, 9.17) is 5.73 Å². The van der Waals surface area contributed by atoms with E-state index in [1.165, 1.54) is 24.8 Å². The lowest BCUT2D eigenvalue weighted by molar-refractivity contribution is 0.398. The van der Waals surface area contributed by atoms with Crippen molar-refractivity contribution in [3.05, 3.63) is 29.7 Å². The second-order valence-corrected chi connectivity index (χ2v) is 5.01. The van der Waals surface area contributed by atoms with Gasteiger partial charge in [-0.3, -0.25) is 4.40 Å². The van der Waals surface area contributed by atoms with Gasteiger partial charge in [0.15, 0.2) is 5.65 Å². The molecule has 1 unspecified atom stereocenters. The van der Waals surface area contributed by atoms with Gasteiger partial charge in [0.05, 0.1) is 0 Å². The summed E-state index contributed by atoms with van der Waals surface area (Å²) >= 11 is 0. The van der Waals surface area contributed by atoms with Crippen LogP contribution in [0.5, 0.6) is 0 Å². The smallest absolute Gasteiger partial charge is 0.160 e. The van der Waals surface area contributed by atoms with Gasteiger partial charge in [0.2, 0.25) is 0 Å². The SMILES string of the molecule is CC(CN)c1ccc2nnc(C3CCC3)n2c1. The molecule has 1 aliphatic rings. The van der Waals surface area contributed by atoms with Crippen molar-refractivity contribution in [2.75, 3.05) is 6.54 Å². The summed E-state index contributed by atoms with van der Waals surface area (Å²) in [7, 11) is 0. The highest BCUT2D eigenvalue weighted by molar-refractivity contribution is 5.41. The molecule has 0 spiro atoms. The number of hydrogen-bond donors (Lipinski definition) is 1. The minimum Gasteiger partial charge on any atom is -0.330 e. The van der Waals surface area contributed by atoms with Gasteiger partial charge in [-0.25, -0.2) is 0 Å². The lowest BCUT2D eigenvalue weighted by Crippen LogP contribution is -2.13. The van der Waals surface area contributed by atoms with Gasteiger partial charge in [0, 0.05) is 12.1 Å². The summed E-state index contributed by atoms with van der Waals surface area (Å²) < 4.78 is 2.14. The van der Waals surface area contributed by atoms with E-state index in [1.807, 2.05) is 6.07 Å². The number of nitrogens with zero attached hydrogens (tertiary/aromatic N) is 3. The summed E-state index contributed by atoms with van der Waals surface area (Å²) in [6, 6.07) is 4.14. The monoisotopic (exact) mass is 230 g/mol. The van der Waals surface area contributed by atoms with Gasteiger partial charge >= 0.3 is 0 Å². The van der Waals surface area contributed by atoms with Crippen LogP contribution in [0, 0.1) is 0 Å². The largest absolute Gasteiger partial charge is 0.330 e. The van der Waals surface area contributed by atoms with E-state index in [0.717, 1.165) is 11.5 Å². The van der Waals surface area contributed by atoms with E-state index in [9.17, 15) is 0 Å². The molecule has 0 aromatic carbocycles. The van der Waals surface area contributed by atoms with E-state index >= 15 is 0 Å². The van der Waals surface area contributed by atoms with Gasteiger partial charge < -0.3 is 5.73 Å². The molecule has 3 rings (SSSR count). The summed E-state index contributed by atoms with van der Waals surface area (Å²) in [4.78, 5) is 0. The zero-order valence-electron chi connectivity index (χ0n) is 10.1. The molecule has 4 nitrogen and oxygen atoms in total. The van der Waals surface area contributed by atoms with Crippen molar-refractivity contribution < 1.29 is 0 Å². The Labute approximate surface area is 101 Å². The second kappa shape index (κ2) is 4.11. The Balaban J connectivity index is 2.05. The van der Waals surface area contributed by atoms with Gasteiger partial charge in [0.1, 0.15) is 5.82 Å². The maximum absolute atomic E-state index is 5.72. The van der Waals surface area contributed by atoms with E-state index in [0.29, 0.717) is 18.4 Å². The number of pyridine rings is 1. The van der Waals surface area contributed by atoms with Crippen LogP contribution in [-0.2, 0) is 0 Å². The third-order valence-electron chi connectivity index (χ3n) is 3.84. The molecule has 2 aromatic rings. The average Bonchev–Trinajstić information content (AvgIpc) is 2.69. The quantitative estimate of drug-likeness (QED) is 0.878. The third kappa shape index (κ3) is 1.72. The summed E-state index contributed by atoms with van der Waals surface area (Å²) in [5.74, 6) is 2.11. The minimum absolute atomic E-state index is 0.385. The van der Waals surface area contributed by atoms with E-state index in [2.05, 4.69) is 33.8 Å². The Bertz CT molecular complexity index is 527. The molecule has 0 saturated heterocycles. The standard InChI is InChI=1S/C13H18N4/c1-9(7-14)11-5-6-12-15-16-13(17(12)8-11)10-3-2-4-10/h5-6,8-10H,2-4,7,14H2,1H3. The zero-order valence-corrected chi connectivity index (χ0v) is 10.1. The summed E-state index contributed by atoms with van der Waals surface area (Å²) in [6.45, 7) is 2.82. The molecule has 17 heavy (non-hydrogen) atoms. The van der Waals surface area contributed by atoms with Crippen LogP contribution in [0.4, 0.5) is 0 Å². The van der Waals surface area contributed by atoms with Crippen molar-refractivity contribution in [3.63, 3.8) is 0 Å². The molecule has 2 aromatic heterocycles. The molecule has 0 radical (unpaired) electrons. The first-order chi connectivity index (χ1) is 8.29. The fourth-order valence-corrected chi connectivity index (χ4v) is 2.30. The number of hydrogen-bond acceptors (Lipinski definition) is 3. The number of fused-ring (bicyclic) bond motifs is 1. The molecule has 4 heteroatoms. The maximum Gasteiger partial charge on any atom is 0.160 e. The fraction of sp³-hybridized carbons (Fsp3) is 0.538. The molecule has 1 fully saturated rings. The van der Waals surface area contributed by atoms with Gasteiger partial charge in [-0.2, -0.15) is 0 Å². The van der Waals surface area contributed by atoms with Crippen LogP contribution in [0.2, 0.25) is 0 Å². The lowest BCUT2D eigenvalue weighted by Gasteiger charge is -2.23. The Morgan fingerprint density at radius 3 is 2.88 bits per heavy atom. The van der Waals surface area contributed by atoms with Crippen molar-refractivity contribution >= 4 is 5.65 Å². The zero-order chi connectivity index (χ0) is 11.8. The molecule has 0 aliphatic heterocycles. The highest BCUT2D eigenvalue weighted by Gasteiger charge is 2.24. The van der Waals surface area contributed by atoms with Crippen molar-refractivity contribution in [3.8, 4) is 0 Å². The molecule has 90 valence electrons. The molecule has 1 saturated carbocycles. The predicted octanol–water partition coefficient (Wildman–Crippen LogP) is 2.06. The highest BCUT2D eigenvalue weighted by Crippen LogP contribution is 2.35. The van der Waals surface area contributed by atoms with Crippen LogP contribution in [0.1, 0.15) is 49.4 Å². The van der Waals surface area contributed by atoms with Crippen LogP contribution in [0.3, 0.4) is 0 Å². The fourth-order valence-electron chi connectivity index (χ4n) is 2.30. The van der Waals surface area contributed by atoms with Gasteiger partial charge in [-0.15, -0.1) is 10.2 Å². The molecular weight excluding hydrogens is 212 g/mol. The van der Waals surface area contributed by atoms with Crippen molar-refractivity contribution in [2.24, 2.45) is 5.73 Å². The van der Waals surface area contributed by atoms with Crippen molar-refractivity contribution in [1.29, 1.82) is 0 Å². The van der Waals surface area contributed by atoms with Gasteiger partial charge in [-0.1, -0.05) is 19.4 Å². The lowest BCUT2D eigenvalue weighted by atomic mass is 9.85. The predicted molar refractivity (Wildman–Crippen MR) is 67.0 cm³/mol. The topological polar surface area (TPSA) is 56.2 Å². The van der Waals surface area contributed by atoms with Crippen LogP contribution in [-0.4, -0.2) is 21.1 Å². The number of rotatable bonds is 3. The van der Waals surface area contributed by atoms with Crippen LogP contribution in [0.25, 0.3) is 5.65 Å². The maximum atomic E-state index is 5.72. The Kier molecular flexibility index (Phi) is 2.59. The van der Waals surface area contributed by atoms with E-state index in [-0.39, 0.29) is 0 Å². The first-order valence-corrected chi connectivity index (χ1v) is 6.34. The molecule has 2 heterocycles. The number of nitrogens with two attached hydrogens (primary N) is 1. The molecule has 2 N–H and O–H groups in total. The van der Waals surface area contributed by atoms with Gasteiger partial charge in [-0.05, 0) is 36.9 Å². The number of aromatic nitrogens is 3. The van der Waals surface area contributed by atoms with Crippen molar-refractivity contribution in [2.45, 2.75) is 38.0 Å². The van der Waals surface area contributed by atoms with E-state index < -0.39 is 0 Å². The van der Waals surface area contributed by atoms with Crippen molar-refractivity contribution in [1.82, 2.24) is 14.6 Å². The second-order valence-electron chi connectivity index (χ2n) is 5.01. The summed E-state index contributed by atoms with van der Waals surface area (Å²) in [5.41, 5.74) is 7.93. The van der Waals surface area contributed by atoms with Crippen LogP contribution >= 0.6 is 0 Å². The molecule has 0 bridgehead atoms. The normalized spacial score (nSPS) is 18.2. The average molecular weight is 230 g/mol. The van der Waals surface area contributed by atoms with Gasteiger partial charge in [0.25, 0.3) is 0 Å². The molecular formula is C13H18N4. The van der Waals surface area contributed by atoms with E-state index in [1.54, 1.807) is 0 Å². The van der Waals surface area contributed by atoms with Crippen LogP contribution in [0.15, 0.2) is 18.3 Å². The summed E-state index contributed by atoms with van der Waals surface area (Å²) in [6.07, 6.45) is 5.97. The third-order valence-corrected chi connectivity index (χ3v) is 3.84. The summed E-state index contributed by atoms with van der Waals surface area (Å²) in [5, 5.41) is 8.55. The highest BCUT2D eigenvalue weighted by atomic mass is 15.2. The molecule has 1 aliphatic carbocycles. The minimum atomic E-state index is 0.385. The Hall–Kier alpha value is -1.42. The first-order valence-electron chi connectivity index (χ1n) is 6.34. The van der Waals surface area contributed by atoms with Crippen LogP contribution < -0.4 is 5.73 Å². The first kappa shape index (κ1) is 10.7. The Morgan fingerprint density at radius 1 is 1.41 bits per heavy atom.